The lowest BCUT2D eigenvalue weighted by Crippen LogP contribution is -2.31. The Kier molecular flexibility index (Phi) is 2.78. The van der Waals surface area contributed by atoms with Crippen molar-refractivity contribution >= 4 is 39.0 Å². The van der Waals surface area contributed by atoms with Gasteiger partial charge < -0.3 is 4.84 Å². The summed E-state index contributed by atoms with van der Waals surface area (Å²) in [5, 5.41) is 3.68. The summed E-state index contributed by atoms with van der Waals surface area (Å²) in [7, 11) is -3.70. The second-order valence-corrected chi connectivity index (χ2v) is 6.52. The Bertz CT molecular complexity index is 643. The molecule has 0 amide bonds. The maximum atomic E-state index is 11.8. The molecule has 2 atom stereocenters. The normalized spacial score (nSPS) is 28.7. The number of nitrogens with zero attached hydrogens (tertiary/aromatic N) is 1. The van der Waals surface area contributed by atoms with Crippen LogP contribution in [0.4, 0.5) is 0 Å². The van der Waals surface area contributed by atoms with Crippen LogP contribution in [0.1, 0.15) is 5.56 Å². The molecule has 2 unspecified atom stereocenters. The van der Waals surface area contributed by atoms with Gasteiger partial charge in [0.1, 0.15) is 12.3 Å². The Labute approximate surface area is 113 Å². The van der Waals surface area contributed by atoms with Gasteiger partial charge in [0, 0.05) is 10.6 Å². The standard InChI is InChI=1S/C10H7Cl2NO4S/c11-5-1-2-6(7(12)3-5)9-10-8(17-13-9)4-16-18(10,14)15/h1-3,8,10H,4H2. The van der Waals surface area contributed by atoms with Crippen LogP contribution in [-0.2, 0) is 19.1 Å². The molecule has 18 heavy (non-hydrogen) atoms. The second kappa shape index (κ2) is 4.09. The van der Waals surface area contributed by atoms with Crippen LogP contribution in [0.2, 0.25) is 10.0 Å². The second-order valence-electron chi connectivity index (χ2n) is 3.94. The minimum absolute atomic E-state index is 0.0226. The number of hydrogen-bond donors (Lipinski definition) is 0. The number of benzene rings is 1. The quantitative estimate of drug-likeness (QED) is 0.742. The lowest BCUT2D eigenvalue weighted by Gasteiger charge is -2.08. The maximum absolute atomic E-state index is 11.8. The van der Waals surface area contributed by atoms with E-state index < -0.39 is 21.5 Å². The van der Waals surface area contributed by atoms with E-state index in [4.69, 9.17) is 32.2 Å². The van der Waals surface area contributed by atoms with Crippen molar-refractivity contribution in [2.75, 3.05) is 6.61 Å². The third-order valence-electron chi connectivity index (χ3n) is 2.81. The highest BCUT2D eigenvalue weighted by atomic mass is 35.5. The molecular weight excluding hydrogens is 301 g/mol. The van der Waals surface area contributed by atoms with Gasteiger partial charge in [-0.25, -0.2) is 0 Å². The zero-order valence-corrected chi connectivity index (χ0v) is 11.2. The van der Waals surface area contributed by atoms with E-state index in [2.05, 4.69) is 5.16 Å². The fraction of sp³-hybridized carbons (Fsp3) is 0.300. The SMILES string of the molecule is O=S1(=O)OCC2ON=C(c3ccc(Cl)cc3Cl)C21. The van der Waals surface area contributed by atoms with E-state index >= 15 is 0 Å². The number of oxime groups is 1. The van der Waals surface area contributed by atoms with Crippen LogP contribution in [0, 0.1) is 0 Å². The van der Waals surface area contributed by atoms with E-state index in [0.717, 1.165) is 0 Å². The van der Waals surface area contributed by atoms with Crippen molar-refractivity contribution < 1.29 is 17.4 Å². The van der Waals surface area contributed by atoms with Gasteiger partial charge in [0.2, 0.25) is 0 Å². The Morgan fingerprint density at radius 1 is 1.33 bits per heavy atom. The fourth-order valence-corrected chi connectivity index (χ4v) is 3.90. The van der Waals surface area contributed by atoms with Gasteiger partial charge in [-0.05, 0) is 18.2 Å². The van der Waals surface area contributed by atoms with Crippen LogP contribution >= 0.6 is 23.2 Å². The molecule has 2 heterocycles. The molecular formula is C10H7Cl2NO4S. The topological polar surface area (TPSA) is 65.0 Å². The summed E-state index contributed by atoms with van der Waals surface area (Å²) >= 11 is 11.8. The van der Waals surface area contributed by atoms with Gasteiger partial charge in [-0.15, -0.1) is 0 Å². The first kappa shape index (κ1) is 12.2. The van der Waals surface area contributed by atoms with Crippen molar-refractivity contribution in [3.8, 4) is 0 Å². The number of hydrogen-bond acceptors (Lipinski definition) is 5. The third kappa shape index (κ3) is 1.80. The summed E-state index contributed by atoms with van der Waals surface area (Å²) in [4.78, 5) is 5.06. The lowest BCUT2D eigenvalue weighted by molar-refractivity contribution is 0.0683. The zero-order chi connectivity index (χ0) is 12.9. The molecule has 2 aliphatic rings. The lowest BCUT2D eigenvalue weighted by atomic mass is 10.0. The summed E-state index contributed by atoms with van der Waals surface area (Å²) < 4.78 is 28.2. The van der Waals surface area contributed by atoms with Gasteiger partial charge in [0.05, 0.1) is 5.02 Å². The molecule has 2 aliphatic heterocycles. The first-order valence-corrected chi connectivity index (χ1v) is 7.29. The van der Waals surface area contributed by atoms with E-state index in [1.807, 2.05) is 0 Å². The predicted molar refractivity (Wildman–Crippen MR) is 66.5 cm³/mol. The van der Waals surface area contributed by atoms with Gasteiger partial charge in [-0.2, -0.15) is 8.42 Å². The summed E-state index contributed by atoms with van der Waals surface area (Å²) in [6.45, 7) is -0.0226. The molecule has 1 saturated heterocycles. The molecule has 1 aromatic carbocycles. The molecule has 3 rings (SSSR count). The smallest absolute Gasteiger partial charge is 0.280 e. The van der Waals surface area contributed by atoms with Crippen LogP contribution in [0.3, 0.4) is 0 Å². The largest absolute Gasteiger partial charge is 0.388 e. The first-order chi connectivity index (χ1) is 8.49. The average Bonchev–Trinajstić information content (AvgIpc) is 2.82. The van der Waals surface area contributed by atoms with E-state index in [9.17, 15) is 8.42 Å². The van der Waals surface area contributed by atoms with Crippen LogP contribution in [0.5, 0.6) is 0 Å². The van der Waals surface area contributed by atoms with Crippen molar-refractivity contribution in [2.24, 2.45) is 5.16 Å². The van der Waals surface area contributed by atoms with Crippen LogP contribution < -0.4 is 0 Å². The van der Waals surface area contributed by atoms with Crippen LogP contribution in [0.15, 0.2) is 23.4 Å². The van der Waals surface area contributed by atoms with E-state index in [0.29, 0.717) is 15.6 Å². The van der Waals surface area contributed by atoms with E-state index in [1.165, 1.54) is 6.07 Å². The maximum Gasteiger partial charge on any atom is 0.280 e. The molecule has 8 heteroatoms. The molecule has 0 aliphatic carbocycles. The molecule has 5 nitrogen and oxygen atoms in total. The van der Waals surface area contributed by atoms with Crippen molar-refractivity contribution in [1.29, 1.82) is 0 Å². The highest BCUT2D eigenvalue weighted by Gasteiger charge is 2.51. The molecule has 0 radical (unpaired) electrons. The third-order valence-corrected chi connectivity index (χ3v) is 4.97. The Morgan fingerprint density at radius 3 is 2.83 bits per heavy atom. The van der Waals surface area contributed by atoms with Crippen molar-refractivity contribution in [2.45, 2.75) is 11.4 Å². The highest BCUT2D eigenvalue weighted by molar-refractivity contribution is 7.88. The molecule has 0 aromatic heterocycles. The molecule has 0 spiro atoms. The predicted octanol–water partition coefficient (Wildman–Crippen LogP) is 1.82. The monoisotopic (exact) mass is 307 g/mol. The van der Waals surface area contributed by atoms with Crippen LogP contribution in [-0.4, -0.2) is 32.1 Å². The summed E-state index contributed by atoms with van der Waals surface area (Å²) in [6.07, 6.45) is -0.600. The molecule has 0 saturated carbocycles. The summed E-state index contributed by atoms with van der Waals surface area (Å²) in [5.74, 6) is 0. The Hall–Kier alpha value is -0.820. The van der Waals surface area contributed by atoms with Crippen molar-refractivity contribution in [3.63, 3.8) is 0 Å². The number of rotatable bonds is 1. The van der Waals surface area contributed by atoms with Gasteiger partial charge in [0.25, 0.3) is 10.1 Å². The van der Waals surface area contributed by atoms with E-state index in [-0.39, 0.29) is 12.3 Å². The Morgan fingerprint density at radius 2 is 2.11 bits per heavy atom. The van der Waals surface area contributed by atoms with Gasteiger partial charge in [0.15, 0.2) is 11.4 Å². The molecule has 1 fully saturated rings. The van der Waals surface area contributed by atoms with Crippen molar-refractivity contribution in [3.05, 3.63) is 33.8 Å². The fourth-order valence-electron chi connectivity index (χ4n) is 1.98. The molecule has 96 valence electrons. The van der Waals surface area contributed by atoms with Crippen molar-refractivity contribution in [1.82, 2.24) is 0 Å². The summed E-state index contributed by atoms with van der Waals surface area (Å²) in [5.41, 5.74) is 0.752. The first-order valence-electron chi connectivity index (χ1n) is 5.06. The van der Waals surface area contributed by atoms with Gasteiger partial charge in [-0.3, -0.25) is 4.18 Å². The average molecular weight is 308 g/mol. The minimum Gasteiger partial charge on any atom is -0.388 e. The molecule has 0 bridgehead atoms. The molecule has 1 aromatic rings. The zero-order valence-electron chi connectivity index (χ0n) is 8.84. The van der Waals surface area contributed by atoms with Gasteiger partial charge >= 0.3 is 0 Å². The van der Waals surface area contributed by atoms with Crippen LogP contribution in [0.25, 0.3) is 0 Å². The highest BCUT2D eigenvalue weighted by Crippen LogP contribution is 2.33. The number of fused-ring (bicyclic) bond motifs is 1. The molecule has 0 N–H and O–H groups in total. The number of halogens is 2. The minimum atomic E-state index is -3.70. The Balaban J connectivity index is 2.08. The van der Waals surface area contributed by atoms with Gasteiger partial charge in [-0.1, -0.05) is 28.4 Å². The summed E-state index contributed by atoms with van der Waals surface area (Å²) in [6, 6.07) is 4.75. The van der Waals surface area contributed by atoms with E-state index in [1.54, 1.807) is 12.1 Å².